The Kier molecular flexibility index (Phi) is 3.79. The van der Waals surface area contributed by atoms with Gasteiger partial charge in [-0.1, -0.05) is 6.07 Å². The number of hydrogen-bond donors (Lipinski definition) is 3. The molecular formula is C13H15N3O3. The molecule has 0 aliphatic heterocycles. The van der Waals surface area contributed by atoms with Crippen molar-refractivity contribution in [2.45, 2.75) is 25.8 Å². The molecule has 0 bridgehead atoms. The minimum Gasteiger partial charge on any atom is -0.481 e. The summed E-state index contributed by atoms with van der Waals surface area (Å²) in [5.74, 6) is -1.07. The van der Waals surface area contributed by atoms with Gasteiger partial charge in [0.1, 0.15) is 0 Å². The number of carbonyl (C=O) groups is 2. The van der Waals surface area contributed by atoms with Gasteiger partial charge in [0.05, 0.1) is 11.7 Å². The highest BCUT2D eigenvalue weighted by Gasteiger charge is 2.11. The van der Waals surface area contributed by atoms with Gasteiger partial charge in [-0.2, -0.15) is 5.10 Å². The van der Waals surface area contributed by atoms with Gasteiger partial charge in [0, 0.05) is 23.4 Å². The Labute approximate surface area is 109 Å². The topological polar surface area (TPSA) is 95.1 Å². The van der Waals surface area contributed by atoms with Gasteiger partial charge < -0.3 is 10.4 Å². The Morgan fingerprint density at radius 3 is 3.00 bits per heavy atom. The molecule has 0 radical (unpaired) electrons. The maximum atomic E-state index is 12.0. The van der Waals surface area contributed by atoms with E-state index in [1.807, 2.05) is 6.07 Å². The van der Waals surface area contributed by atoms with Gasteiger partial charge in [0.2, 0.25) is 0 Å². The van der Waals surface area contributed by atoms with Gasteiger partial charge in [0.15, 0.2) is 0 Å². The third-order valence-electron chi connectivity index (χ3n) is 2.87. The Hall–Kier alpha value is -2.37. The molecule has 2 aromatic rings. The van der Waals surface area contributed by atoms with Gasteiger partial charge in [-0.05, 0) is 25.5 Å². The van der Waals surface area contributed by atoms with Crippen LogP contribution in [0.2, 0.25) is 0 Å². The predicted octanol–water partition coefficient (Wildman–Crippen LogP) is 1.55. The van der Waals surface area contributed by atoms with Crippen molar-refractivity contribution in [2.24, 2.45) is 0 Å². The lowest BCUT2D eigenvalue weighted by Gasteiger charge is -2.12. The molecule has 1 amide bonds. The summed E-state index contributed by atoms with van der Waals surface area (Å²) >= 11 is 0. The van der Waals surface area contributed by atoms with Crippen LogP contribution in [0.25, 0.3) is 10.9 Å². The zero-order valence-corrected chi connectivity index (χ0v) is 10.5. The number of carboxylic acids is 1. The summed E-state index contributed by atoms with van der Waals surface area (Å²) < 4.78 is 0. The molecule has 1 aromatic heterocycles. The minimum absolute atomic E-state index is 0.0427. The first kappa shape index (κ1) is 13.1. The summed E-state index contributed by atoms with van der Waals surface area (Å²) in [6.45, 7) is 1.79. The summed E-state index contributed by atoms with van der Waals surface area (Å²) in [4.78, 5) is 22.4. The van der Waals surface area contributed by atoms with Gasteiger partial charge in [-0.15, -0.1) is 0 Å². The molecule has 100 valence electrons. The average Bonchev–Trinajstić information content (AvgIpc) is 2.83. The van der Waals surface area contributed by atoms with Crippen molar-refractivity contribution >= 4 is 22.8 Å². The minimum atomic E-state index is -0.861. The number of carbonyl (C=O) groups excluding carboxylic acids is 1. The molecule has 19 heavy (non-hydrogen) atoms. The van der Waals surface area contributed by atoms with E-state index in [1.165, 1.54) is 0 Å². The largest absolute Gasteiger partial charge is 0.481 e. The molecule has 0 saturated heterocycles. The lowest BCUT2D eigenvalue weighted by Crippen LogP contribution is -2.32. The molecule has 6 nitrogen and oxygen atoms in total. The van der Waals surface area contributed by atoms with E-state index in [0.29, 0.717) is 12.0 Å². The maximum absolute atomic E-state index is 12.0. The molecule has 0 aliphatic rings. The molecule has 1 heterocycles. The second-order valence-corrected chi connectivity index (χ2v) is 4.48. The molecule has 2 rings (SSSR count). The van der Waals surface area contributed by atoms with Crippen LogP contribution < -0.4 is 5.32 Å². The van der Waals surface area contributed by atoms with E-state index in [1.54, 1.807) is 25.3 Å². The van der Waals surface area contributed by atoms with E-state index < -0.39 is 5.97 Å². The van der Waals surface area contributed by atoms with E-state index in [9.17, 15) is 9.59 Å². The number of carboxylic acid groups (broad SMARTS) is 1. The second-order valence-electron chi connectivity index (χ2n) is 4.48. The first-order valence-electron chi connectivity index (χ1n) is 6.02. The lowest BCUT2D eigenvalue weighted by molar-refractivity contribution is -0.137. The number of nitrogens with one attached hydrogen (secondary N) is 2. The van der Waals surface area contributed by atoms with Crippen LogP contribution in [-0.2, 0) is 4.79 Å². The Morgan fingerprint density at radius 2 is 2.26 bits per heavy atom. The number of nitrogens with zero attached hydrogens (tertiary/aromatic N) is 1. The van der Waals surface area contributed by atoms with Crippen molar-refractivity contribution < 1.29 is 14.7 Å². The SMILES string of the molecule is CC(CCC(=O)O)NC(=O)c1ccc2cn[nH]c2c1. The smallest absolute Gasteiger partial charge is 0.303 e. The number of hydrogen-bond acceptors (Lipinski definition) is 3. The maximum Gasteiger partial charge on any atom is 0.303 e. The number of benzene rings is 1. The van der Waals surface area contributed by atoms with Crippen molar-refractivity contribution in [3.63, 3.8) is 0 Å². The first-order valence-corrected chi connectivity index (χ1v) is 6.02. The number of aliphatic carboxylic acids is 1. The Balaban J connectivity index is 2.00. The van der Waals surface area contributed by atoms with E-state index in [0.717, 1.165) is 10.9 Å². The summed E-state index contributed by atoms with van der Waals surface area (Å²) in [6.07, 6.45) is 2.14. The van der Waals surface area contributed by atoms with E-state index >= 15 is 0 Å². The molecule has 0 saturated carbocycles. The number of H-pyrrole nitrogens is 1. The summed E-state index contributed by atoms with van der Waals surface area (Å²) in [5.41, 5.74) is 1.32. The molecule has 1 unspecified atom stereocenters. The average molecular weight is 261 g/mol. The Morgan fingerprint density at radius 1 is 1.47 bits per heavy atom. The van der Waals surface area contributed by atoms with Crippen LogP contribution in [0.4, 0.5) is 0 Å². The highest BCUT2D eigenvalue weighted by molar-refractivity contribution is 5.97. The molecule has 0 aliphatic carbocycles. The molecule has 0 spiro atoms. The number of amides is 1. The Bertz CT molecular complexity index is 606. The summed E-state index contributed by atoms with van der Waals surface area (Å²) in [6, 6.07) is 5.08. The van der Waals surface area contributed by atoms with Gasteiger partial charge in [-0.3, -0.25) is 14.7 Å². The molecule has 3 N–H and O–H groups in total. The van der Waals surface area contributed by atoms with Crippen LogP contribution in [0.3, 0.4) is 0 Å². The number of rotatable bonds is 5. The lowest BCUT2D eigenvalue weighted by atomic mass is 10.1. The quantitative estimate of drug-likeness (QED) is 0.760. The fourth-order valence-corrected chi connectivity index (χ4v) is 1.80. The van der Waals surface area contributed by atoms with Crippen LogP contribution in [0, 0.1) is 0 Å². The zero-order valence-electron chi connectivity index (χ0n) is 10.5. The van der Waals surface area contributed by atoms with Crippen LogP contribution in [-0.4, -0.2) is 33.2 Å². The van der Waals surface area contributed by atoms with Crippen LogP contribution in [0.5, 0.6) is 0 Å². The van der Waals surface area contributed by atoms with E-state index in [-0.39, 0.29) is 18.4 Å². The van der Waals surface area contributed by atoms with Crippen molar-refractivity contribution in [3.8, 4) is 0 Å². The van der Waals surface area contributed by atoms with Crippen LogP contribution in [0.1, 0.15) is 30.1 Å². The first-order chi connectivity index (χ1) is 9.06. The standard InChI is InChI=1S/C13H15N3O3/c1-8(2-5-12(17)18)15-13(19)9-3-4-10-7-14-16-11(10)6-9/h3-4,6-8H,2,5H2,1H3,(H,14,16)(H,15,19)(H,17,18). The third kappa shape index (κ3) is 3.31. The predicted molar refractivity (Wildman–Crippen MR) is 69.9 cm³/mol. The van der Waals surface area contributed by atoms with Gasteiger partial charge in [-0.25, -0.2) is 0 Å². The number of fused-ring (bicyclic) bond motifs is 1. The van der Waals surface area contributed by atoms with Crippen LogP contribution >= 0.6 is 0 Å². The molecule has 1 aromatic carbocycles. The van der Waals surface area contributed by atoms with Crippen LogP contribution in [0.15, 0.2) is 24.4 Å². The van der Waals surface area contributed by atoms with Crippen molar-refractivity contribution in [2.75, 3.05) is 0 Å². The molecule has 6 heteroatoms. The zero-order chi connectivity index (χ0) is 13.8. The number of aromatic nitrogens is 2. The van der Waals surface area contributed by atoms with Gasteiger partial charge >= 0.3 is 5.97 Å². The fourth-order valence-electron chi connectivity index (χ4n) is 1.80. The molecule has 0 fully saturated rings. The summed E-state index contributed by atoms with van der Waals surface area (Å²) in [5, 5.41) is 19.0. The van der Waals surface area contributed by atoms with Crippen molar-refractivity contribution in [1.29, 1.82) is 0 Å². The van der Waals surface area contributed by atoms with Crippen molar-refractivity contribution in [3.05, 3.63) is 30.0 Å². The normalized spacial score (nSPS) is 12.3. The van der Waals surface area contributed by atoms with E-state index in [4.69, 9.17) is 5.11 Å². The molecule has 1 atom stereocenters. The monoisotopic (exact) mass is 261 g/mol. The van der Waals surface area contributed by atoms with Gasteiger partial charge in [0.25, 0.3) is 5.91 Å². The second kappa shape index (κ2) is 5.51. The molecular weight excluding hydrogens is 246 g/mol. The highest BCUT2D eigenvalue weighted by Crippen LogP contribution is 2.13. The fraction of sp³-hybridized carbons (Fsp3) is 0.308. The highest BCUT2D eigenvalue weighted by atomic mass is 16.4. The van der Waals surface area contributed by atoms with Crippen molar-refractivity contribution in [1.82, 2.24) is 15.5 Å². The number of aromatic amines is 1. The summed E-state index contributed by atoms with van der Waals surface area (Å²) in [7, 11) is 0. The van der Waals surface area contributed by atoms with E-state index in [2.05, 4.69) is 15.5 Å². The third-order valence-corrected chi connectivity index (χ3v) is 2.87.